The third-order valence-electron chi connectivity index (χ3n) is 3.77. The number of aromatic nitrogens is 1. The van der Waals surface area contributed by atoms with Crippen molar-refractivity contribution in [3.63, 3.8) is 0 Å². The van der Waals surface area contributed by atoms with Crippen molar-refractivity contribution in [3.05, 3.63) is 35.0 Å². The molecule has 3 rings (SSSR count). The highest BCUT2D eigenvalue weighted by Crippen LogP contribution is 2.42. The van der Waals surface area contributed by atoms with Gasteiger partial charge in [-0.1, -0.05) is 18.2 Å². The molecule has 1 aliphatic rings. The zero-order valence-electron chi connectivity index (χ0n) is 10.4. The van der Waals surface area contributed by atoms with Gasteiger partial charge in [-0.15, -0.1) is 0 Å². The standard InChI is InChI=1S/C14H15F3N2/c15-14(16,17)13-11(5-2-7-18)10-4-1-3-9-6-8-19(13)12(9)10/h1,3-4H,2,5-8,18H2. The third kappa shape index (κ3) is 1.84. The molecule has 2 N–H and O–H groups in total. The second kappa shape index (κ2) is 4.27. The van der Waals surface area contributed by atoms with Crippen molar-refractivity contribution in [1.82, 2.24) is 4.57 Å². The van der Waals surface area contributed by atoms with E-state index < -0.39 is 11.9 Å². The number of aryl methyl sites for hydroxylation is 3. The molecule has 0 saturated carbocycles. The van der Waals surface area contributed by atoms with Crippen LogP contribution in [-0.2, 0) is 25.6 Å². The van der Waals surface area contributed by atoms with E-state index in [9.17, 15) is 13.2 Å². The number of alkyl halides is 3. The molecule has 0 bridgehead atoms. The summed E-state index contributed by atoms with van der Waals surface area (Å²) in [5, 5.41) is 0.746. The second-order valence-corrected chi connectivity index (χ2v) is 4.93. The maximum atomic E-state index is 13.3. The number of hydrogen-bond acceptors (Lipinski definition) is 1. The summed E-state index contributed by atoms with van der Waals surface area (Å²) in [6.45, 7) is 0.830. The maximum Gasteiger partial charge on any atom is 0.431 e. The molecule has 1 aromatic heterocycles. The number of rotatable bonds is 3. The number of nitrogens with zero attached hydrogens (tertiary/aromatic N) is 1. The smallest absolute Gasteiger partial charge is 0.336 e. The first kappa shape index (κ1) is 12.5. The summed E-state index contributed by atoms with van der Waals surface area (Å²) in [7, 11) is 0. The van der Waals surface area contributed by atoms with Gasteiger partial charge in [0.1, 0.15) is 5.69 Å². The normalized spacial score (nSPS) is 14.5. The minimum absolute atomic E-state index is 0.387. The van der Waals surface area contributed by atoms with Crippen LogP contribution in [0.4, 0.5) is 13.2 Å². The Hall–Kier alpha value is -1.49. The Balaban J connectivity index is 2.29. The lowest BCUT2D eigenvalue weighted by atomic mass is 10.0. The van der Waals surface area contributed by atoms with Gasteiger partial charge in [-0.25, -0.2) is 0 Å². The summed E-state index contributed by atoms with van der Waals surface area (Å²) in [6, 6.07) is 5.56. The highest BCUT2D eigenvalue weighted by molar-refractivity contribution is 5.89. The fourth-order valence-electron chi connectivity index (χ4n) is 3.07. The fraction of sp³-hybridized carbons (Fsp3) is 0.429. The van der Waals surface area contributed by atoms with Crippen molar-refractivity contribution in [1.29, 1.82) is 0 Å². The van der Waals surface area contributed by atoms with E-state index in [2.05, 4.69) is 0 Å². The molecule has 0 fully saturated rings. The molecule has 2 nitrogen and oxygen atoms in total. The van der Waals surface area contributed by atoms with E-state index in [1.54, 1.807) is 6.07 Å². The minimum atomic E-state index is -4.30. The van der Waals surface area contributed by atoms with Crippen LogP contribution in [-0.4, -0.2) is 11.1 Å². The fourth-order valence-corrected chi connectivity index (χ4v) is 3.07. The average molecular weight is 268 g/mol. The summed E-state index contributed by atoms with van der Waals surface area (Å²) in [5.74, 6) is 0. The molecule has 0 saturated heterocycles. The van der Waals surface area contributed by atoms with Crippen LogP contribution in [0.2, 0.25) is 0 Å². The van der Waals surface area contributed by atoms with Crippen molar-refractivity contribution in [2.75, 3.05) is 6.54 Å². The number of hydrogen-bond donors (Lipinski definition) is 1. The van der Waals surface area contributed by atoms with Gasteiger partial charge in [-0.05, 0) is 36.9 Å². The van der Waals surface area contributed by atoms with E-state index in [0.717, 1.165) is 16.5 Å². The van der Waals surface area contributed by atoms with Gasteiger partial charge in [-0.2, -0.15) is 13.2 Å². The van der Waals surface area contributed by atoms with E-state index in [-0.39, 0.29) is 0 Å². The molecule has 0 amide bonds. The molecule has 2 heterocycles. The lowest BCUT2D eigenvalue weighted by Gasteiger charge is -2.12. The minimum Gasteiger partial charge on any atom is -0.336 e. The highest BCUT2D eigenvalue weighted by Gasteiger charge is 2.40. The molecule has 0 spiro atoms. The van der Waals surface area contributed by atoms with E-state index in [4.69, 9.17) is 5.73 Å². The number of para-hydroxylation sites is 1. The second-order valence-electron chi connectivity index (χ2n) is 4.93. The van der Waals surface area contributed by atoms with Crippen LogP contribution >= 0.6 is 0 Å². The summed E-state index contributed by atoms with van der Waals surface area (Å²) in [6.07, 6.45) is -2.65. The van der Waals surface area contributed by atoms with Gasteiger partial charge in [-0.3, -0.25) is 0 Å². The lowest BCUT2D eigenvalue weighted by molar-refractivity contribution is -0.143. The van der Waals surface area contributed by atoms with Crippen LogP contribution in [0.3, 0.4) is 0 Å². The Kier molecular flexibility index (Phi) is 2.82. The third-order valence-corrected chi connectivity index (χ3v) is 3.77. The summed E-state index contributed by atoms with van der Waals surface area (Å²) >= 11 is 0. The van der Waals surface area contributed by atoms with Gasteiger partial charge < -0.3 is 10.3 Å². The molecule has 0 aliphatic carbocycles. The Morgan fingerprint density at radius 2 is 2.05 bits per heavy atom. The van der Waals surface area contributed by atoms with Crippen molar-refractivity contribution >= 4 is 10.9 Å². The van der Waals surface area contributed by atoms with Crippen LogP contribution in [0.5, 0.6) is 0 Å². The van der Waals surface area contributed by atoms with E-state index >= 15 is 0 Å². The van der Waals surface area contributed by atoms with Gasteiger partial charge in [0.15, 0.2) is 0 Å². The largest absolute Gasteiger partial charge is 0.431 e. The first-order chi connectivity index (χ1) is 9.04. The molecular weight excluding hydrogens is 253 g/mol. The first-order valence-corrected chi connectivity index (χ1v) is 6.44. The predicted molar refractivity (Wildman–Crippen MR) is 68.0 cm³/mol. The van der Waals surface area contributed by atoms with Crippen LogP contribution in [0.25, 0.3) is 10.9 Å². The van der Waals surface area contributed by atoms with Gasteiger partial charge in [0.05, 0.1) is 5.52 Å². The summed E-state index contributed by atoms with van der Waals surface area (Å²) < 4.78 is 41.4. The molecule has 0 radical (unpaired) electrons. The topological polar surface area (TPSA) is 30.9 Å². The van der Waals surface area contributed by atoms with Crippen molar-refractivity contribution in [2.24, 2.45) is 5.73 Å². The maximum absolute atomic E-state index is 13.3. The molecule has 2 aromatic rings. The molecule has 1 aromatic carbocycles. The lowest BCUT2D eigenvalue weighted by Crippen LogP contribution is -2.15. The van der Waals surface area contributed by atoms with Crippen LogP contribution in [0.1, 0.15) is 23.2 Å². The van der Waals surface area contributed by atoms with Gasteiger partial charge in [0.2, 0.25) is 0 Å². The van der Waals surface area contributed by atoms with E-state index in [0.29, 0.717) is 37.9 Å². The van der Waals surface area contributed by atoms with E-state index in [1.165, 1.54) is 4.57 Å². The summed E-state index contributed by atoms with van der Waals surface area (Å²) in [4.78, 5) is 0. The Bertz CT molecular complexity index is 626. The Morgan fingerprint density at radius 3 is 2.74 bits per heavy atom. The van der Waals surface area contributed by atoms with Crippen LogP contribution < -0.4 is 5.73 Å². The molecular formula is C14H15F3N2. The van der Waals surface area contributed by atoms with Crippen molar-refractivity contribution < 1.29 is 13.2 Å². The highest BCUT2D eigenvalue weighted by atomic mass is 19.4. The number of benzene rings is 1. The molecule has 0 unspecified atom stereocenters. The first-order valence-electron chi connectivity index (χ1n) is 6.44. The molecule has 1 aliphatic heterocycles. The number of nitrogens with two attached hydrogens (primary N) is 1. The van der Waals surface area contributed by atoms with Crippen molar-refractivity contribution in [3.8, 4) is 0 Å². The quantitative estimate of drug-likeness (QED) is 0.911. The zero-order valence-corrected chi connectivity index (χ0v) is 10.4. The van der Waals surface area contributed by atoms with Crippen molar-refractivity contribution in [2.45, 2.75) is 32.0 Å². The monoisotopic (exact) mass is 268 g/mol. The molecule has 102 valence electrons. The van der Waals surface area contributed by atoms with E-state index in [1.807, 2.05) is 12.1 Å². The Labute approximate surface area is 109 Å². The van der Waals surface area contributed by atoms with Crippen LogP contribution in [0.15, 0.2) is 18.2 Å². The van der Waals surface area contributed by atoms with Gasteiger partial charge >= 0.3 is 6.18 Å². The zero-order chi connectivity index (χ0) is 13.6. The SMILES string of the molecule is NCCCc1c(C(F)(F)F)n2c3c(cccc13)CC2. The predicted octanol–water partition coefficient (Wildman–Crippen LogP) is 3.11. The van der Waals surface area contributed by atoms with Gasteiger partial charge in [0.25, 0.3) is 0 Å². The molecule has 19 heavy (non-hydrogen) atoms. The number of halogens is 3. The summed E-state index contributed by atoms with van der Waals surface area (Å²) in [5.41, 5.74) is 7.16. The van der Waals surface area contributed by atoms with Crippen LogP contribution in [0, 0.1) is 0 Å². The molecule has 0 atom stereocenters. The molecule has 5 heteroatoms. The van der Waals surface area contributed by atoms with Gasteiger partial charge in [0, 0.05) is 11.9 Å². The Morgan fingerprint density at radius 1 is 1.26 bits per heavy atom. The average Bonchev–Trinajstić information content (AvgIpc) is 2.90.